The van der Waals surface area contributed by atoms with Crippen LogP contribution < -0.4 is 15.8 Å². The van der Waals surface area contributed by atoms with Crippen molar-refractivity contribution < 1.29 is 9.47 Å². The molecule has 7 heteroatoms. The van der Waals surface area contributed by atoms with Crippen LogP contribution in [0, 0.1) is 0 Å². The molecule has 3 N–H and O–H groups in total. The van der Waals surface area contributed by atoms with Gasteiger partial charge in [-0.2, -0.15) is 4.98 Å². The van der Waals surface area contributed by atoms with Crippen molar-refractivity contribution in [1.82, 2.24) is 14.9 Å². The average Bonchev–Trinajstić information content (AvgIpc) is 2.40. The van der Waals surface area contributed by atoms with Crippen LogP contribution in [-0.4, -0.2) is 55.8 Å². The lowest BCUT2D eigenvalue weighted by Crippen LogP contribution is -2.22. The highest BCUT2D eigenvalue weighted by molar-refractivity contribution is 5.66. The number of nitrogens with one attached hydrogen (secondary N) is 1. The van der Waals surface area contributed by atoms with E-state index in [0.717, 1.165) is 19.5 Å². The zero-order valence-corrected chi connectivity index (χ0v) is 12.8. The number of nitrogen functional groups attached to an aromatic ring is 1. The summed E-state index contributed by atoms with van der Waals surface area (Å²) < 4.78 is 10.6. The van der Waals surface area contributed by atoms with E-state index < -0.39 is 0 Å². The molecule has 0 aliphatic rings. The molecular weight excluding hydrogens is 258 g/mol. The fourth-order valence-corrected chi connectivity index (χ4v) is 1.53. The minimum Gasteiger partial charge on any atom is -0.476 e. The van der Waals surface area contributed by atoms with E-state index in [1.54, 1.807) is 7.11 Å². The molecule has 20 heavy (non-hydrogen) atoms. The minimum absolute atomic E-state index is 0.325. The van der Waals surface area contributed by atoms with Gasteiger partial charge in [-0.25, -0.2) is 4.98 Å². The number of likely N-dealkylation sites (N-methyl/N-ethyl adjacent to an activating group) is 1. The summed E-state index contributed by atoms with van der Waals surface area (Å²) in [6.45, 7) is 4.56. The van der Waals surface area contributed by atoms with Crippen LogP contribution in [0.3, 0.4) is 0 Å². The second-order valence-electron chi connectivity index (χ2n) is 4.72. The Hall–Kier alpha value is -1.60. The number of anilines is 2. The van der Waals surface area contributed by atoms with Crippen LogP contribution in [0.2, 0.25) is 0 Å². The molecule has 0 unspecified atom stereocenters. The Morgan fingerprint density at radius 1 is 1.30 bits per heavy atom. The van der Waals surface area contributed by atoms with Gasteiger partial charge in [0.05, 0.1) is 6.61 Å². The third-order valence-electron chi connectivity index (χ3n) is 2.52. The number of nitrogens with two attached hydrogens (primary N) is 1. The van der Waals surface area contributed by atoms with Gasteiger partial charge < -0.3 is 25.4 Å². The van der Waals surface area contributed by atoms with Crippen molar-refractivity contribution in [2.45, 2.75) is 20.0 Å². The number of rotatable bonds is 9. The van der Waals surface area contributed by atoms with E-state index in [1.165, 1.54) is 0 Å². The lowest BCUT2D eigenvalue weighted by atomic mass is 10.4. The quantitative estimate of drug-likeness (QED) is 0.698. The molecule has 0 aliphatic carbocycles. The highest BCUT2D eigenvalue weighted by atomic mass is 16.5. The Balaban J connectivity index is 2.86. The summed E-state index contributed by atoms with van der Waals surface area (Å²) in [5.41, 5.74) is 6.48. The van der Waals surface area contributed by atoms with Crippen LogP contribution in [0.4, 0.5) is 11.5 Å². The summed E-state index contributed by atoms with van der Waals surface area (Å²) in [5.74, 6) is 1.57. The Kier molecular flexibility index (Phi) is 7.03. The summed E-state index contributed by atoms with van der Waals surface area (Å²) in [6.07, 6.45) is 0.895. The lowest BCUT2D eigenvalue weighted by Gasteiger charge is -2.15. The second-order valence-corrected chi connectivity index (χ2v) is 4.72. The number of methoxy groups -OCH3 is 1. The molecule has 1 aromatic heterocycles. The van der Waals surface area contributed by atoms with Crippen molar-refractivity contribution >= 4 is 11.5 Å². The van der Waals surface area contributed by atoms with Crippen LogP contribution in [0.5, 0.6) is 5.88 Å². The molecule has 0 spiro atoms. The molecule has 7 nitrogen and oxygen atoms in total. The molecule has 0 bridgehead atoms. The third kappa shape index (κ3) is 5.18. The molecule has 0 radical (unpaired) electrons. The van der Waals surface area contributed by atoms with Gasteiger partial charge in [-0.15, -0.1) is 0 Å². The predicted molar refractivity (Wildman–Crippen MR) is 80.0 cm³/mol. The first-order valence-electron chi connectivity index (χ1n) is 6.75. The number of nitrogens with zero attached hydrogens (tertiary/aromatic N) is 3. The van der Waals surface area contributed by atoms with E-state index in [1.807, 2.05) is 21.0 Å². The highest BCUT2D eigenvalue weighted by Crippen LogP contribution is 2.26. The lowest BCUT2D eigenvalue weighted by molar-refractivity contribution is 0.176. The maximum atomic E-state index is 6.04. The van der Waals surface area contributed by atoms with E-state index >= 15 is 0 Å². The summed E-state index contributed by atoms with van der Waals surface area (Å²) >= 11 is 0. The van der Waals surface area contributed by atoms with Gasteiger partial charge in [0, 0.05) is 20.2 Å². The van der Waals surface area contributed by atoms with Gasteiger partial charge in [-0.3, -0.25) is 0 Å². The van der Waals surface area contributed by atoms with Crippen molar-refractivity contribution in [3.8, 4) is 5.88 Å². The highest BCUT2D eigenvalue weighted by Gasteiger charge is 2.12. The molecule has 0 atom stereocenters. The zero-order chi connectivity index (χ0) is 15.0. The van der Waals surface area contributed by atoms with E-state index in [-0.39, 0.29) is 0 Å². The Morgan fingerprint density at radius 2 is 2.05 bits per heavy atom. The summed E-state index contributed by atoms with van der Waals surface area (Å²) in [5, 5.41) is 3.21. The van der Waals surface area contributed by atoms with Gasteiger partial charge >= 0.3 is 0 Å². The predicted octanol–water partition coefficient (Wildman–Crippen LogP) is 0.968. The maximum Gasteiger partial charge on any atom is 0.242 e. The first kappa shape index (κ1) is 16.5. The molecule has 0 aromatic carbocycles. The van der Waals surface area contributed by atoms with Crippen molar-refractivity contribution in [2.24, 2.45) is 0 Å². The number of ether oxygens (including phenoxy) is 2. The van der Waals surface area contributed by atoms with Crippen LogP contribution in [0.15, 0.2) is 0 Å². The minimum atomic E-state index is 0.325. The van der Waals surface area contributed by atoms with Crippen molar-refractivity contribution in [3.05, 3.63) is 5.82 Å². The van der Waals surface area contributed by atoms with E-state index in [9.17, 15) is 0 Å². The van der Waals surface area contributed by atoms with Crippen LogP contribution >= 0.6 is 0 Å². The fraction of sp³-hybridized carbons (Fsp3) is 0.692. The Bertz CT molecular complexity index is 412. The fourth-order valence-electron chi connectivity index (χ4n) is 1.53. The van der Waals surface area contributed by atoms with Crippen molar-refractivity contribution in [2.75, 3.05) is 52.0 Å². The monoisotopic (exact) mass is 283 g/mol. The molecule has 0 fully saturated rings. The van der Waals surface area contributed by atoms with Crippen LogP contribution in [-0.2, 0) is 11.3 Å². The van der Waals surface area contributed by atoms with Crippen molar-refractivity contribution in [3.63, 3.8) is 0 Å². The largest absolute Gasteiger partial charge is 0.476 e. The zero-order valence-electron chi connectivity index (χ0n) is 12.8. The smallest absolute Gasteiger partial charge is 0.242 e. The molecule has 1 rings (SSSR count). The Labute approximate surface area is 120 Å². The van der Waals surface area contributed by atoms with Gasteiger partial charge in [-0.05, 0) is 20.5 Å². The van der Waals surface area contributed by atoms with Crippen LogP contribution in [0.1, 0.15) is 19.2 Å². The molecular formula is C13H25N5O2. The number of aromatic nitrogens is 2. The first-order valence-corrected chi connectivity index (χ1v) is 6.75. The third-order valence-corrected chi connectivity index (χ3v) is 2.52. The maximum absolute atomic E-state index is 6.04. The molecule has 0 aliphatic heterocycles. The van der Waals surface area contributed by atoms with E-state index in [4.69, 9.17) is 15.2 Å². The van der Waals surface area contributed by atoms with Crippen molar-refractivity contribution in [1.29, 1.82) is 0 Å². The average molecular weight is 283 g/mol. The summed E-state index contributed by atoms with van der Waals surface area (Å²) in [7, 11) is 5.62. The molecule has 0 saturated carbocycles. The number of hydrogen-bond donors (Lipinski definition) is 2. The first-order chi connectivity index (χ1) is 9.58. The van der Waals surface area contributed by atoms with Gasteiger partial charge in [-0.1, -0.05) is 6.92 Å². The summed E-state index contributed by atoms with van der Waals surface area (Å²) in [6, 6.07) is 0. The Morgan fingerprint density at radius 3 is 2.65 bits per heavy atom. The van der Waals surface area contributed by atoms with Gasteiger partial charge in [0.25, 0.3) is 0 Å². The second kappa shape index (κ2) is 8.55. The molecule has 1 aromatic rings. The van der Waals surface area contributed by atoms with E-state index in [2.05, 4.69) is 20.2 Å². The molecule has 0 amide bonds. The van der Waals surface area contributed by atoms with Gasteiger partial charge in [0.2, 0.25) is 5.88 Å². The summed E-state index contributed by atoms with van der Waals surface area (Å²) in [4.78, 5) is 10.7. The molecule has 1 heterocycles. The van der Waals surface area contributed by atoms with Crippen LogP contribution in [0.25, 0.3) is 0 Å². The van der Waals surface area contributed by atoms with Gasteiger partial charge in [0.15, 0.2) is 11.6 Å². The standard InChI is InChI=1S/C13H25N5O2/c1-5-8-20-13-11(14)12(15-6-7-18(2)3)16-10(17-13)9-19-4/h5-9,14H2,1-4H3,(H,15,16,17). The van der Waals surface area contributed by atoms with E-state index in [0.29, 0.717) is 36.4 Å². The topological polar surface area (TPSA) is 85.5 Å². The normalized spacial score (nSPS) is 10.8. The molecule has 0 saturated heterocycles. The SMILES string of the molecule is CCCOc1nc(COC)nc(NCCN(C)C)c1N. The number of hydrogen-bond acceptors (Lipinski definition) is 7. The van der Waals surface area contributed by atoms with Gasteiger partial charge in [0.1, 0.15) is 12.3 Å². The molecule has 114 valence electrons.